The summed E-state index contributed by atoms with van der Waals surface area (Å²) in [5, 5.41) is 30.2. The molecule has 0 aliphatic rings. The molecule has 1 rings (SSSR count). The van der Waals surface area contributed by atoms with Crippen molar-refractivity contribution in [3.05, 3.63) is 27.3 Å². The Labute approximate surface area is 113 Å². The molecule has 4 N–H and O–H groups in total. The van der Waals surface area contributed by atoms with E-state index in [2.05, 4.69) is 5.32 Å². The summed E-state index contributed by atoms with van der Waals surface area (Å²) in [6, 6.07) is 4.55. The third-order valence-corrected chi connectivity index (χ3v) is 3.09. The zero-order valence-electron chi connectivity index (χ0n) is 9.27. The van der Waals surface area contributed by atoms with Crippen LogP contribution >= 0.6 is 22.6 Å². The highest BCUT2D eigenvalue weighted by Gasteiger charge is 2.20. The number of rotatable bonds is 4. The third-order valence-electron chi connectivity index (χ3n) is 2.18. The van der Waals surface area contributed by atoms with Crippen molar-refractivity contribution in [1.82, 2.24) is 5.32 Å². The number of halogens is 1. The van der Waals surface area contributed by atoms with Gasteiger partial charge in [0.05, 0.1) is 10.2 Å². The molecule has 0 saturated carbocycles. The molecular formula is C11H14INO4. The van der Waals surface area contributed by atoms with Crippen LogP contribution in [0.3, 0.4) is 0 Å². The first-order chi connectivity index (χ1) is 7.85. The van der Waals surface area contributed by atoms with Crippen LogP contribution in [0.2, 0.25) is 0 Å². The molecule has 1 amide bonds. The standard InChI is InChI=1S/C11H14INO4/c1-11(17,6-14)5-13-10(16)7-2-3-8(12)9(15)4-7/h2-4,14-15,17H,5-6H2,1H3,(H,13,16). The maximum absolute atomic E-state index is 11.7. The second-order valence-corrected chi connectivity index (χ2v) is 5.17. The quantitative estimate of drug-likeness (QED) is 0.594. The number of phenolic OH excluding ortho intramolecular Hbond substituents is 1. The number of aliphatic hydroxyl groups is 2. The monoisotopic (exact) mass is 351 g/mol. The highest BCUT2D eigenvalue weighted by Crippen LogP contribution is 2.20. The third kappa shape index (κ3) is 4.14. The van der Waals surface area contributed by atoms with E-state index < -0.39 is 18.1 Å². The Balaban J connectivity index is 2.68. The maximum atomic E-state index is 11.7. The van der Waals surface area contributed by atoms with Crippen molar-refractivity contribution in [2.45, 2.75) is 12.5 Å². The summed E-state index contributed by atoms with van der Waals surface area (Å²) < 4.78 is 0.654. The number of carbonyl (C=O) groups is 1. The first-order valence-corrected chi connectivity index (χ1v) is 6.03. The minimum absolute atomic E-state index is 0.0344. The van der Waals surface area contributed by atoms with Crippen molar-refractivity contribution in [3.8, 4) is 5.75 Å². The van der Waals surface area contributed by atoms with Gasteiger partial charge in [-0.2, -0.15) is 0 Å². The van der Waals surface area contributed by atoms with Gasteiger partial charge < -0.3 is 20.6 Å². The van der Waals surface area contributed by atoms with E-state index in [-0.39, 0.29) is 12.3 Å². The smallest absolute Gasteiger partial charge is 0.251 e. The van der Waals surface area contributed by atoms with E-state index in [9.17, 15) is 15.0 Å². The number of phenols is 1. The molecule has 1 atom stereocenters. The van der Waals surface area contributed by atoms with E-state index in [0.29, 0.717) is 9.13 Å². The van der Waals surface area contributed by atoms with Crippen LogP contribution in [0.4, 0.5) is 0 Å². The number of aliphatic hydroxyl groups excluding tert-OH is 1. The Morgan fingerprint density at radius 2 is 2.18 bits per heavy atom. The highest BCUT2D eigenvalue weighted by atomic mass is 127. The van der Waals surface area contributed by atoms with Crippen molar-refractivity contribution in [2.75, 3.05) is 13.2 Å². The number of amides is 1. The summed E-state index contributed by atoms with van der Waals surface area (Å²) in [6.07, 6.45) is 0. The van der Waals surface area contributed by atoms with Crippen LogP contribution in [0, 0.1) is 3.57 Å². The van der Waals surface area contributed by atoms with E-state index in [1.54, 1.807) is 12.1 Å². The number of aromatic hydroxyl groups is 1. The molecule has 6 heteroatoms. The molecule has 0 radical (unpaired) electrons. The number of hydrogen-bond acceptors (Lipinski definition) is 4. The lowest BCUT2D eigenvalue weighted by Gasteiger charge is -2.20. The Bertz CT molecular complexity index is 420. The van der Waals surface area contributed by atoms with Crippen molar-refractivity contribution in [2.24, 2.45) is 0 Å². The van der Waals surface area contributed by atoms with Crippen LogP contribution < -0.4 is 5.32 Å². The average molecular weight is 351 g/mol. The summed E-state index contributed by atoms with van der Waals surface area (Å²) in [4.78, 5) is 11.7. The number of carbonyl (C=O) groups excluding carboxylic acids is 1. The molecule has 5 nitrogen and oxygen atoms in total. The van der Waals surface area contributed by atoms with Gasteiger partial charge in [-0.25, -0.2) is 0 Å². The van der Waals surface area contributed by atoms with Crippen molar-refractivity contribution in [1.29, 1.82) is 0 Å². The van der Waals surface area contributed by atoms with Crippen LogP contribution in [0.1, 0.15) is 17.3 Å². The largest absolute Gasteiger partial charge is 0.507 e. The Morgan fingerprint density at radius 1 is 1.53 bits per heavy atom. The summed E-state index contributed by atoms with van der Waals surface area (Å²) in [6.45, 7) is 0.916. The van der Waals surface area contributed by atoms with Gasteiger partial charge in [0.25, 0.3) is 5.91 Å². The van der Waals surface area contributed by atoms with E-state index in [4.69, 9.17) is 5.11 Å². The van der Waals surface area contributed by atoms with Crippen LogP contribution in [-0.4, -0.2) is 40.0 Å². The molecule has 94 valence electrons. The van der Waals surface area contributed by atoms with Gasteiger partial charge in [-0.05, 0) is 47.7 Å². The summed E-state index contributed by atoms with van der Waals surface area (Å²) >= 11 is 1.95. The molecule has 0 spiro atoms. The molecule has 0 fully saturated rings. The van der Waals surface area contributed by atoms with Crippen molar-refractivity contribution in [3.63, 3.8) is 0 Å². The topological polar surface area (TPSA) is 89.8 Å². The summed E-state index contributed by atoms with van der Waals surface area (Å²) in [5.41, 5.74) is -1.04. The van der Waals surface area contributed by atoms with Gasteiger partial charge in [0.15, 0.2) is 0 Å². The molecule has 0 aromatic heterocycles. The molecular weight excluding hydrogens is 337 g/mol. The lowest BCUT2D eigenvalue weighted by molar-refractivity contribution is 0.00320. The zero-order valence-corrected chi connectivity index (χ0v) is 11.4. The number of hydrogen-bond donors (Lipinski definition) is 4. The fourth-order valence-corrected chi connectivity index (χ4v) is 1.42. The second kappa shape index (κ2) is 5.65. The van der Waals surface area contributed by atoms with E-state index in [0.717, 1.165) is 0 Å². The predicted octanol–water partition coefficient (Wildman–Crippen LogP) is 0.470. The van der Waals surface area contributed by atoms with E-state index in [1.807, 2.05) is 22.6 Å². The SMILES string of the molecule is CC(O)(CO)CNC(=O)c1ccc(I)c(O)c1. The van der Waals surface area contributed by atoms with Crippen LogP contribution in [0.5, 0.6) is 5.75 Å². The molecule has 17 heavy (non-hydrogen) atoms. The molecule has 0 saturated heterocycles. The van der Waals surface area contributed by atoms with Gasteiger partial charge in [-0.1, -0.05) is 0 Å². The minimum Gasteiger partial charge on any atom is -0.507 e. The molecule has 1 unspecified atom stereocenters. The summed E-state index contributed by atoms with van der Waals surface area (Å²) in [7, 11) is 0. The normalized spacial score (nSPS) is 14.1. The fraction of sp³-hybridized carbons (Fsp3) is 0.364. The molecule has 0 aliphatic carbocycles. The van der Waals surface area contributed by atoms with Crippen molar-refractivity contribution >= 4 is 28.5 Å². The van der Waals surface area contributed by atoms with Crippen LogP contribution in [0.25, 0.3) is 0 Å². The lowest BCUT2D eigenvalue weighted by Crippen LogP contribution is -2.43. The zero-order chi connectivity index (χ0) is 13.1. The maximum Gasteiger partial charge on any atom is 0.251 e. The van der Waals surface area contributed by atoms with E-state index >= 15 is 0 Å². The molecule has 0 aliphatic heterocycles. The van der Waals surface area contributed by atoms with E-state index in [1.165, 1.54) is 13.0 Å². The average Bonchev–Trinajstić information content (AvgIpc) is 2.30. The van der Waals surface area contributed by atoms with Crippen LogP contribution in [-0.2, 0) is 0 Å². The minimum atomic E-state index is -1.35. The fourth-order valence-electron chi connectivity index (χ4n) is 1.08. The Hall–Kier alpha value is -0.860. The highest BCUT2D eigenvalue weighted by molar-refractivity contribution is 14.1. The number of benzene rings is 1. The molecule has 0 bridgehead atoms. The van der Waals surface area contributed by atoms with Gasteiger partial charge >= 0.3 is 0 Å². The van der Waals surface area contributed by atoms with Gasteiger partial charge in [0.2, 0.25) is 0 Å². The first kappa shape index (κ1) is 14.2. The summed E-state index contributed by atoms with van der Waals surface area (Å²) in [5.74, 6) is -0.377. The Kier molecular flexibility index (Phi) is 4.72. The van der Waals surface area contributed by atoms with Gasteiger partial charge in [0.1, 0.15) is 11.4 Å². The number of nitrogens with one attached hydrogen (secondary N) is 1. The molecule has 1 aromatic rings. The first-order valence-electron chi connectivity index (χ1n) is 4.96. The van der Waals surface area contributed by atoms with Crippen LogP contribution in [0.15, 0.2) is 18.2 Å². The lowest BCUT2D eigenvalue weighted by atomic mass is 10.1. The Morgan fingerprint density at radius 3 is 2.71 bits per heavy atom. The van der Waals surface area contributed by atoms with Gasteiger partial charge in [-0.15, -0.1) is 0 Å². The molecule has 0 heterocycles. The predicted molar refractivity (Wildman–Crippen MR) is 70.9 cm³/mol. The second-order valence-electron chi connectivity index (χ2n) is 4.00. The van der Waals surface area contributed by atoms with Gasteiger partial charge in [0, 0.05) is 12.1 Å². The van der Waals surface area contributed by atoms with Crippen molar-refractivity contribution < 1.29 is 20.1 Å². The molecule has 1 aromatic carbocycles. The van der Waals surface area contributed by atoms with Gasteiger partial charge in [-0.3, -0.25) is 4.79 Å².